The number of esters is 1. The quantitative estimate of drug-likeness (QED) is 0.706. The Kier molecular flexibility index (Phi) is 4.45. The number of pyridine rings is 1. The second kappa shape index (κ2) is 6.56. The van der Waals surface area contributed by atoms with Crippen molar-refractivity contribution in [3.63, 3.8) is 0 Å². The van der Waals surface area contributed by atoms with E-state index < -0.39 is 23.3 Å². The Morgan fingerprint density at radius 3 is 2.80 bits per heavy atom. The van der Waals surface area contributed by atoms with E-state index in [4.69, 9.17) is 16.3 Å². The van der Waals surface area contributed by atoms with Crippen LogP contribution in [0.1, 0.15) is 23.5 Å². The number of hydrogen-bond donors (Lipinski definition) is 1. The summed E-state index contributed by atoms with van der Waals surface area (Å²) in [5.74, 6) is -1.72. The normalized spacial score (nSPS) is 12.3. The maximum atomic E-state index is 12.9. The molecule has 3 heterocycles. The minimum Gasteiger partial charge on any atom is -0.493 e. The lowest BCUT2D eigenvalue weighted by molar-refractivity contribution is -0.140. The van der Waals surface area contributed by atoms with Crippen molar-refractivity contribution in [3.05, 3.63) is 57.2 Å². The fraction of sp³-hybridized carbons (Fsp3) is 0.250. The molecule has 1 N–H and O–H groups in total. The Hall–Kier alpha value is -2.87. The Bertz CT molecular complexity index is 1010. The van der Waals surface area contributed by atoms with Crippen LogP contribution in [0, 0.1) is 0 Å². The first-order valence-electron chi connectivity index (χ1n) is 7.37. The van der Waals surface area contributed by atoms with Gasteiger partial charge >= 0.3 is 5.97 Å². The molecule has 0 saturated carbocycles. The number of aromatic hydroxyl groups is 1. The number of carbonyl (C=O) groups is 1. The third-order valence-electron chi connectivity index (χ3n) is 3.88. The smallest absolute Gasteiger partial charge is 0.306 e. The minimum absolute atomic E-state index is 0.0156. The number of ether oxygens (including phenoxy) is 1. The predicted octanol–water partition coefficient (Wildman–Crippen LogP) is 1.48. The molecule has 0 bridgehead atoms. The van der Waals surface area contributed by atoms with Gasteiger partial charge in [-0.15, -0.1) is 0 Å². The summed E-state index contributed by atoms with van der Waals surface area (Å²) in [6, 6.07) is 3.09. The lowest BCUT2D eigenvalue weighted by atomic mass is 9.91. The molecule has 0 unspecified atom stereocenters. The third kappa shape index (κ3) is 3.20. The van der Waals surface area contributed by atoms with Gasteiger partial charge in [-0.3, -0.25) is 18.7 Å². The summed E-state index contributed by atoms with van der Waals surface area (Å²) in [4.78, 5) is 28.8. The number of aryl methyl sites for hydroxylation is 1. The Morgan fingerprint density at radius 1 is 1.40 bits per heavy atom. The first-order chi connectivity index (χ1) is 11.9. The molecule has 25 heavy (non-hydrogen) atoms. The van der Waals surface area contributed by atoms with E-state index in [0.29, 0.717) is 10.6 Å². The van der Waals surface area contributed by atoms with Crippen LogP contribution in [0.3, 0.4) is 0 Å². The van der Waals surface area contributed by atoms with Crippen molar-refractivity contribution < 1.29 is 14.6 Å². The lowest BCUT2D eigenvalue weighted by Gasteiger charge is -2.16. The second-order valence-corrected chi connectivity index (χ2v) is 5.95. The van der Waals surface area contributed by atoms with Crippen molar-refractivity contribution in [3.8, 4) is 5.88 Å². The zero-order chi connectivity index (χ0) is 18.1. The molecule has 1 atom stereocenters. The van der Waals surface area contributed by atoms with Crippen LogP contribution >= 0.6 is 11.6 Å². The van der Waals surface area contributed by atoms with Crippen LogP contribution in [0.5, 0.6) is 5.88 Å². The van der Waals surface area contributed by atoms with E-state index in [1.165, 1.54) is 30.0 Å². The first-order valence-corrected chi connectivity index (χ1v) is 7.74. The van der Waals surface area contributed by atoms with Gasteiger partial charge in [-0.25, -0.2) is 0 Å². The van der Waals surface area contributed by atoms with E-state index in [9.17, 15) is 14.7 Å². The van der Waals surface area contributed by atoms with E-state index in [2.05, 4.69) is 10.1 Å². The SMILES string of the molecule is COC(=O)C[C@H](c1cnn(C)c1)c1c(O)nc2ccc(Cl)cn2c1=O. The van der Waals surface area contributed by atoms with Crippen LogP contribution in [-0.4, -0.2) is 37.4 Å². The number of methoxy groups -OCH3 is 1. The lowest BCUT2D eigenvalue weighted by Crippen LogP contribution is -2.24. The number of fused-ring (bicyclic) bond motifs is 1. The molecule has 3 aromatic rings. The Balaban J connectivity index is 2.24. The van der Waals surface area contributed by atoms with Gasteiger partial charge in [0.2, 0.25) is 5.88 Å². The van der Waals surface area contributed by atoms with Gasteiger partial charge in [0.25, 0.3) is 5.56 Å². The summed E-state index contributed by atoms with van der Waals surface area (Å²) in [5.41, 5.74) is 0.309. The highest BCUT2D eigenvalue weighted by atomic mass is 35.5. The van der Waals surface area contributed by atoms with E-state index >= 15 is 0 Å². The molecular weight excluding hydrogens is 348 g/mol. The van der Waals surface area contributed by atoms with Gasteiger partial charge in [-0.1, -0.05) is 11.6 Å². The van der Waals surface area contributed by atoms with Crippen LogP contribution in [0.15, 0.2) is 35.5 Å². The van der Waals surface area contributed by atoms with E-state index in [1.807, 2.05) is 0 Å². The summed E-state index contributed by atoms with van der Waals surface area (Å²) in [6.07, 6.45) is 4.46. The van der Waals surface area contributed by atoms with Gasteiger partial charge in [0.15, 0.2) is 0 Å². The Morgan fingerprint density at radius 2 is 2.16 bits per heavy atom. The summed E-state index contributed by atoms with van der Waals surface area (Å²) < 4.78 is 7.49. The van der Waals surface area contributed by atoms with Gasteiger partial charge in [-0.2, -0.15) is 10.1 Å². The van der Waals surface area contributed by atoms with Gasteiger partial charge in [0, 0.05) is 25.4 Å². The molecule has 0 aliphatic carbocycles. The molecule has 0 amide bonds. The second-order valence-electron chi connectivity index (χ2n) is 5.51. The van der Waals surface area contributed by atoms with Crippen LogP contribution in [0.4, 0.5) is 0 Å². The van der Waals surface area contributed by atoms with Crippen molar-refractivity contribution >= 4 is 23.2 Å². The van der Waals surface area contributed by atoms with Crippen molar-refractivity contribution in [2.45, 2.75) is 12.3 Å². The number of aromatic nitrogens is 4. The van der Waals surface area contributed by atoms with Gasteiger partial charge in [-0.05, 0) is 17.7 Å². The molecule has 3 aromatic heterocycles. The van der Waals surface area contributed by atoms with Crippen LogP contribution in [-0.2, 0) is 16.6 Å². The zero-order valence-corrected chi connectivity index (χ0v) is 14.3. The van der Waals surface area contributed by atoms with Gasteiger partial charge in [0.05, 0.1) is 30.3 Å². The summed E-state index contributed by atoms with van der Waals surface area (Å²) in [5, 5.41) is 14.8. The summed E-state index contributed by atoms with van der Waals surface area (Å²) in [7, 11) is 2.97. The molecule has 0 radical (unpaired) electrons. The molecule has 0 spiro atoms. The molecule has 130 valence electrons. The van der Waals surface area contributed by atoms with Crippen molar-refractivity contribution in [1.29, 1.82) is 0 Å². The molecule has 0 aliphatic rings. The first kappa shape index (κ1) is 17.0. The third-order valence-corrected chi connectivity index (χ3v) is 4.10. The fourth-order valence-corrected chi connectivity index (χ4v) is 2.84. The molecule has 9 heteroatoms. The number of rotatable bonds is 4. The summed E-state index contributed by atoms with van der Waals surface area (Å²) >= 11 is 5.95. The van der Waals surface area contributed by atoms with Crippen LogP contribution in [0.2, 0.25) is 5.02 Å². The number of carbonyl (C=O) groups excluding carboxylic acids is 1. The van der Waals surface area contributed by atoms with E-state index in [0.717, 1.165) is 0 Å². The van der Waals surface area contributed by atoms with Crippen molar-refractivity contribution in [2.75, 3.05) is 7.11 Å². The monoisotopic (exact) mass is 362 g/mol. The average Bonchev–Trinajstić information content (AvgIpc) is 3.00. The molecule has 0 saturated heterocycles. The topological polar surface area (TPSA) is 98.7 Å². The highest BCUT2D eigenvalue weighted by molar-refractivity contribution is 6.30. The molecule has 0 aromatic carbocycles. The molecule has 0 fully saturated rings. The molecule has 8 nitrogen and oxygen atoms in total. The number of halogens is 1. The minimum atomic E-state index is -0.753. The van der Waals surface area contributed by atoms with Crippen LogP contribution in [0.25, 0.3) is 5.65 Å². The zero-order valence-electron chi connectivity index (χ0n) is 13.5. The van der Waals surface area contributed by atoms with E-state index in [-0.39, 0.29) is 17.6 Å². The van der Waals surface area contributed by atoms with Gasteiger partial charge < -0.3 is 9.84 Å². The fourth-order valence-electron chi connectivity index (χ4n) is 2.68. The summed E-state index contributed by atoms with van der Waals surface area (Å²) in [6.45, 7) is 0. The van der Waals surface area contributed by atoms with Crippen molar-refractivity contribution in [2.24, 2.45) is 7.05 Å². The number of hydrogen-bond acceptors (Lipinski definition) is 6. The van der Waals surface area contributed by atoms with E-state index in [1.54, 1.807) is 24.0 Å². The van der Waals surface area contributed by atoms with Gasteiger partial charge in [0.1, 0.15) is 5.65 Å². The number of nitrogens with zero attached hydrogens (tertiary/aromatic N) is 4. The average molecular weight is 363 g/mol. The molecule has 3 rings (SSSR count). The maximum Gasteiger partial charge on any atom is 0.306 e. The Labute approximate surface area is 147 Å². The highest BCUT2D eigenvalue weighted by Gasteiger charge is 2.27. The van der Waals surface area contributed by atoms with Crippen LogP contribution < -0.4 is 5.56 Å². The molecule has 0 aliphatic heterocycles. The highest BCUT2D eigenvalue weighted by Crippen LogP contribution is 2.31. The molecular formula is C16H15ClN4O4. The maximum absolute atomic E-state index is 12.9. The predicted molar refractivity (Wildman–Crippen MR) is 89.8 cm³/mol. The standard InChI is InChI=1S/C16H15ClN4O4/c1-20-7-9(6-18-20)11(5-13(22)25-2)14-15(23)19-12-4-3-10(17)8-21(12)16(14)24/h3-4,6-8,11,23H,5H2,1-2H3/t11-/m1/s1. The van der Waals surface area contributed by atoms with Crippen molar-refractivity contribution in [1.82, 2.24) is 19.2 Å². The largest absolute Gasteiger partial charge is 0.493 e.